The van der Waals surface area contributed by atoms with Crippen LogP contribution in [0.1, 0.15) is 40.5 Å². The summed E-state index contributed by atoms with van der Waals surface area (Å²) in [5.74, 6) is -0.339. The molecule has 0 spiro atoms. The molecule has 0 aromatic rings. The lowest BCUT2D eigenvalue weighted by Gasteiger charge is -2.33. The van der Waals surface area contributed by atoms with Gasteiger partial charge in [0.1, 0.15) is 6.04 Å². The maximum absolute atomic E-state index is 11.6. The van der Waals surface area contributed by atoms with Crippen molar-refractivity contribution in [2.75, 3.05) is 6.61 Å². The van der Waals surface area contributed by atoms with Crippen molar-refractivity contribution < 1.29 is 14.3 Å². The lowest BCUT2D eigenvalue weighted by Crippen LogP contribution is -2.49. The molecule has 1 atom stereocenters. The maximum Gasteiger partial charge on any atom is 0.328 e. The predicted octanol–water partition coefficient (Wildman–Crippen LogP) is 1.34. The first kappa shape index (κ1) is 12.0. The summed E-state index contributed by atoms with van der Waals surface area (Å²) in [5, 5.41) is 0. The number of carbonyl (C=O) groups is 2. The van der Waals surface area contributed by atoms with Crippen molar-refractivity contribution in [3.05, 3.63) is 0 Å². The smallest absolute Gasteiger partial charge is 0.328 e. The van der Waals surface area contributed by atoms with E-state index in [4.69, 9.17) is 4.74 Å². The average Bonchev–Trinajstić information content (AvgIpc) is 2.41. The van der Waals surface area contributed by atoms with Gasteiger partial charge in [-0.05, 0) is 33.6 Å². The van der Waals surface area contributed by atoms with Crippen LogP contribution in [0.2, 0.25) is 0 Å². The van der Waals surface area contributed by atoms with E-state index in [9.17, 15) is 9.59 Å². The molecule has 0 unspecified atom stereocenters. The summed E-state index contributed by atoms with van der Waals surface area (Å²) >= 11 is 0. The van der Waals surface area contributed by atoms with E-state index in [0.29, 0.717) is 13.0 Å². The first-order chi connectivity index (χ1) is 6.90. The summed E-state index contributed by atoms with van der Waals surface area (Å²) in [7, 11) is 0. The number of carbonyl (C=O) groups excluding carboxylic acids is 2. The molecule has 0 radical (unpaired) electrons. The van der Waals surface area contributed by atoms with Gasteiger partial charge < -0.3 is 9.64 Å². The molecule has 1 heterocycles. The van der Waals surface area contributed by atoms with Gasteiger partial charge in [0.05, 0.1) is 6.61 Å². The van der Waals surface area contributed by atoms with Gasteiger partial charge in [-0.3, -0.25) is 4.79 Å². The molecule has 1 saturated heterocycles. The van der Waals surface area contributed by atoms with Crippen molar-refractivity contribution in [2.45, 2.75) is 52.1 Å². The Labute approximate surface area is 90.6 Å². The van der Waals surface area contributed by atoms with E-state index < -0.39 is 6.04 Å². The highest BCUT2D eigenvalue weighted by Gasteiger charge is 2.44. The molecular formula is C11H19NO3. The minimum Gasteiger partial charge on any atom is -0.464 e. The predicted molar refractivity (Wildman–Crippen MR) is 56.3 cm³/mol. The van der Waals surface area contributed by atoms with Crippen molar-refractivity contribution in [1.82, 2.24) is 4.90 Å². The molecule has 1 fully saturated rings. The molecule has 4 heteroatoms. The molecule has 86 valence electrons. The third kappa shape index (κ3) is 2.30. The molecule has 4 nitrogen and oxygen atoms in total. The second-order valence-corrected chi connectivity index (χ2v) is 4.51. The van der Waals surface area contributed by atoms with Gasteiger partial charge in [0.25, 0.3) is 0 Å². The molecular weight excluding hydrogens is 194 g/mol. The normalized spacial score (nSPS) is 24.0. The van der Waals surface area contributed by atoms with Crippen LogP contribution < -0.4 is 0 Å². The monoisotopic (exact) mass is 213 g/mol. The number of hydrogen-bond acceptors (Lipinski definition) is 3. The van der Waals surface area contributed by atoms with Gasteiger partial charge in [0.15, 0.2) is 0 Å². The number of amides is 1. The van der Waals surface area contributed by atoms with Crippen molar-refractivity contribution in [3.8, 4) is 0 Å². The molecule has 0 N–H and O–H groups in total. The van der Waals surface area contributed by atoms with E-state index in [1.165, 1.54) is 6.92 Å². The summed E-state index contributed by atoms with van der Waals surface area (Å²) in [6, 6.07) is -0.391. The largest absolute Gasteiger partial charge is 0.464 e. The van der Waals surface area contributed by atoms with Gasteiger partial charge in [0.2, 0.25) is 5.91 Å². The van der Waals surface area contributed by atoms with Crippen LogP contribution in [0.5, 0.6) is 0 Å². The van der Waals surface area contributed by atoms with E-state index in [-0.39, 0.29) is 17.4 Å². The zero-order valence-electron chi connectivity index (χ0n) is 9.87. The van der Waals surface area contributed by atoms with Crippen LogP contribution in [0.25, 0.3) is 0 Å². The van der Waals surface area contributed by atoms with Crippen molar-refractivity contribution in [3.63, 3.8) is 0 Å². The first-order valence-electron chi connectivity index (χ1n) is 5.36. The summed E-state index contributed by atoms with van der Waals surface area (Å²) in [6.07, 6.45) is 1.54. The fourth-order valence-electron chi connectivity index (χ4n) is 2.27. The van der Waals surface area contributed by atoms with Crippen LogP contribution in [0.3, 0.4) is 0 Å². The molecule has 0 bridgehead atoms. The molecule has 1 amide bonds. The zero-order chi connectivity index (χ0) is 11.6. The molecule has 1 aliphatic rings. The fourth-order valence-corrected chi connectivity index (χ4v) is 2.27. The minimum atomic E-state index is -0.391. The number of esters is 1. The maximum atomic E-state index is 11.6. The Morgan fingerprint density at radius 3 is 2.53 bits per heavy atom. The Morgan fingerprint density at radius 2 is 2.07 bits per heavy atom. The Morgan fingerprint density at radius 1 is 1.47 bits per heavy atom. The van der Waals surface area contributed by atoms with Gasteiger partial charge >= 0.3 is 5.97 Å². The summed E-state index contributed by atoms with van der Waals surface area (Å²) in [4.78, 5) is 24.8. The Hall–Kier alpha value is -1.06. The van der Waals surface area contributed by atoms with Crippen LogP contribution in [0.4, 0.5) is 0 Å². The summed E-state index contributed by atoms with van der Waals surface area (Å²) < 4.78 is 4.97. The summed E-state index contributed by atoms with van der Waals surface area (Å²) in [6.45, 7) is 7.60. The lowest BCUT2D eigenvalue weighted by molar-refractivity contribution is -0.155. The third-order valence-corrected chi connectivity index (χ3v) is 2.89. The van der Waals surface area contributed by atoms with Gasteiger partial charge in [-0.2, -0.15) is 0 Å². The Kier molecular flexibility index (Phi) is 3.37. The number of likely N-dealkylation sites (tertiary alicyclic amines) is 1. The van der Waals surface area contributed by atoms with Gasteiger partial charge in [-0.1, -0.05) is 0 Å². The topological polar surface area (TPSA) is 46.6 Å². The number of rotatable bonds is 2. The van der Waals surface area contributed by atoms with Crippen molar-refractivity contribution >= 4 is 11.9 Å². The highest BCUT2D eigenvalue weighted by molar-refractivity contribution is 5.84. The van der Waals surface area contributed by atoms with Crippen LogP contribution in [-0.2, 0) is 14.3 Å². The fraction of sp³-hybridized carbons (Fsp3) is 0.818. The molecule has 15 heavy (non-hydrogen) atoms. The number of nitrogens with zero attached hydrogens (tertiary/aromatic N) is 1. The molecule has 0 aliphatic carbocycles. The zero-order valence-corrected chi connectivity index (χ0v) is 9.87. The number of hydrogen-bond donors (Lipinski definition) is 0. The molecule has 0 aromatic heterocycles. The molecule has 1 aliphatic heterocycles. The van der Waals surface area contributed by atoms with Crippen molar-refractivity contribution in [1.29, 1.82) is 0 Å². The van der Waals surface area contributed by atoms with Gasteiger partial charge in [-0.15, -0.1) is 0 Å². The van der Waals surface area contributed by atoms with E-state index in [0.717, 1.165) is 6.42 Å². The Balaban J connectivity index is 2.83. The van der Waals surface area contributed by atoms with Crippen molar-refractivity contribution in [2.24, 2.45) is 0 Å². The van der Waals surface area contributed by atoms with Crippen LogP contribution in [0.15, 0.2) is 0 Å². The second kappa shape index (κ2) is 4.21. The van der Waals surface area contributed by atoms with E-state index in [1.54, 1.807) is 11.8 Å². The van der Waals surface area contributed by atoms with Crippen LogP contribution in [0, 0.1) is 0 Å². The van der Waals surface area contributed by atoms with Gasteiger partial charge in [0, 0.05) is 12.5 Å². The molecule has 0 aromatic carbocycles. The van der Waals surface area contributed by atoms with Gasteiger partial charge in [-0.25, -0.2) is 4.79 Å². The highest BCUT2D eigenvalue weighted by atomic mass is 16.5. The minimum absolute atomic E-state index is 0.0597. The standard InChI is InChI=1S/C11H19NO3/c1-5-15-10(14)9-6-7-11(3,4)12(9)8(2)13/h9H,5-7H2,1-4H3/t9-/m1/s1. The first-order valence-corrected chi connectivity index (χ1v) is 5.36. The molecule has 1 rings (SSSR count). The molecule has 0 saturated carbocycles. The van der Waals surface area contributed by atoms with Crippen LogP contribution in [-0.4, -0.2) is 35.0 Å². The van der Waals surface area contributed by atoms with E-state index in [1.807, 2.05) is 13.8 Å². The average molecular weight is 213 g/mol. The second-order valence-electron chi connectivity index (χ2n) is 4.51. The highest BCUT2D eigenvalue weighted by Crippen LogP contribution is 2.33. The summed E-state index contributed by atoms with van der Waals surface area (Å²) in [5.41, 5.74) is -0.233. The van der Waals surface area contributed by atoms with Crippen LogP contribution >= 0.6 is 0 Å². The SMILES string of the molecule is CCOC(=O)[C@H]1CCC(C)(C)N1C(C)=O. The number of ether oxygens (including phenoxy) is 1. The Bertz CT molecular complexity index is 273. The quantitative estimate of drug-likeness (QED) is 0.650. The van der Waals surface area contributed by atoms with E-state index >= 15 is 0 Å². The van der Waals surface area contributed by atoms with E-state index in [2.05, 4.69) is 0 Å². The third-order valence-electron chi connectivity index (χ3n) is 2.89. The lowest BCUT2D eigenvalue weighted by atomic mass is 10.0.